The predicted octanol–water partition coefficient (Wildman–Crippen LogP) is 6.35. The van der Waals surface area contributed by atoms with Gasteiger partial charge in [0.2, 0.25) is 5.91 Å². The molecule has 0 atom stereocenters. The topological polar surface area (TPSA) is 77.8 Å². The number of aromatic carboxylic acids is 1. The van der Waals surface area contributed by atoms with Gasteiger partial charge in [0.15, 0.2) is 0 Å². The summed E-state index contributed by atoms with van der Waals surface area (Å²) in [6.45, 7) is 2.25. The molecule has 32 heavy (non-hydrogen) atoms. The van der Waals surface area contributed by atoms with Gasteiger partial charge in [-0.1, -0.05) is 32.6 Å². The van der Waals surface area contributed by atoms with Crippen molar-refractivity contribution in [2.75, 3.05) is 4.90 Å². The van der Waals surface area contributed by atoms with Crippen molar-refractivity contribution in [1.82, 2.24) is 0 Å². The third-order valence-electron chi connectivity index (χ3n) is 8.08. The molecule has 3 aliphatic rings. The normalized spacial score (nSPS) is 29.9. The standard InChI is InChI=1S/C26H39NO4S/c1-17-8-10-19(11-9-17)25(29)27(20-12-14-21(28)15-13-20)22-16-23(32-24(22)26(30)31)18-6-4-2-3-5-7-18/h16-21,28H,2-15H2,1H3,(H,30,31)/t17-,19-,20-,21-. The van der Waals surface area contributed by atoms with Gasteiger partial charge in [-0.3, -0.25) is 4.79 Å². The van der Waals surface area contributed by atoms with Gasteiger partial charge in [0.05, 0.1) is 11.8 Å². The van der Waals surface area contributed by atoms with Gasteiger partial charge in [0.1, 0.15) is 4.88 Å². The minimum Gasteiger partial charge on any atom is -0.477 e. The Hall–Kier alpha value is -1.40. The summed E-state index contributed by atoms with van der Waals surface area (Å²) in [6, 6.07) is 2.04. The van der Waals surface area contributed by atoms with Gasteiger partial charge in [-0.25, -0.2) is 4.79 Å². The van der Waals surface area contributed by atoms with E-state index in [4.69, 9.17) is 0 Å². The second-order valence-electron chi connectivity index (χ2n) is 10.5. The van der Waals surface area contributed by atoms with E-state index in [0.717, 1.165) is 56.2 Å². The fourth-order valence-electron chi connectivity index (χ4n) is 6.01. The molecule has 0 unspecified atom stereocenters. The number of carbonyl (C=O) groups excluding carboxylic acids is 1. The van der Waals surface area contributed by atoms with Gasteiger partial charge in [-0.15, -0.1) is 11.3 Å². The molecule has 0 spiro atoms. The number of hydrogen-bond donors (Lipinski definition) is 2. The molecular weight excluding hydrogens is 422 g/mol. The first-order valence-corrected chi connectivity index (χ1v) is 13.6. The largest absolute Gasteiger partial charge is 0.477 e. The zero-order valence-electron chi connectivity index (χ0n) is 19.4. The molecule has 3 saturated carbocycles. The summed E-state index contributed by atoms with van der Waals surface area (Å²) in [5.74, 6) is 0.257. The van der Waals surface area contributed by atoms with Gasteiger partial charge in [0, 0.05) is 16.8 Å². The summed E-state index contributed by atoms with van der Waals surface area (Å²) in [4.78, 5) is 29.5. The summed E-state index contributed by atoms with van der Waals surface area (Å²) in [5.41, 5.74) is 0.631. The predicted molar refractivity (Wildman–Crippen MR) is 129 cm³/mol. The number of hydrogen-bond acceptors (Lipinski definition) is 4. The van der Waals surface area contributed by atoms with Crippen LogP contribution in [0.2, 0.25) is 0 Å². The average Bonchev–Trinajstić information content (AvgIpc) is 3.03. The van der Waals surface area contributed by atoms with Crippen LogP contribution in [0.5, 0.6) is 0 Å². The lowest BCUT2D eigenvalue weighted by molar-refractivity contribution is -0.124. The maximum Gasteiger partial charge on any atom is 0.348 e. The minimum absolute atomic E-state index is 0.0130. The molecule has 1 heterocycles. The van der Waals surface area contributed by atoms with E-state index in [0.29, 0.717) is 35.2 Å². The Morgan fingerprint density at radius 2 is 1.53 bits per heavy atom. The van der Waals surface area contributed by atoms with Crippen LogP contribution in [-0.2, 0) is 4.79 Å². The zero-order valence-corrected chi connectivity index (χ0v) is 20.2. The highest BCUT2D eigenvalue weighted by molar-refractivity contribution is 7.14. The second kappa shape index (κ2) is 10.7. The molecule has 1 aromatic heterocycles. The lowest BCUT2D eigenvalue weighted by Crippen LogP contribution is -2.47. The minimum atomic E-state index is -0.921. The van der Waals surface area contributed by atoms with E-state index < -0.39 is 5.97 Å². The fraction of sp³-hybridized carbons (Fsp3) is 0.769. The van der Waals surface area contributed by atoms with Crippen LogP contribution in [0, 0.1) is 11.8 Å². The molecule has 5 nitrogen and oxygen atoms in total. The van der Waals surface area contributed by atoms with Crippen molar-refractivity contribution in [3.8, 4) is 0 Å². The van der Waals surface area contributed by atoms with Crippen molar-refractivity contribution in [3.05, 3.63) is 15.8 Å². The number of carboxylic acid groups (broad SMARTS) is 1. The molecular formula is C26H39NO4S. The summed E-state index contributed by atoms with van der Waals surface area (Å²) in [6.07, 6.45) is 13.6. The number of thiophene rings is 1. The molecule has 0 aromatic carbocycles. The van der Waals surface area contributed by atoms with Crippen molar-refractivity contribution in [1.29, 1.82) is 0 Å². The van der Waals surface area contributed by atoms with Gasteiger partial charge in [-0.2, -0.15) is 0 Å². The number of aliphatic hydroxyl groups is 1. The van der Waals surface area contributed by atoms with E-state index in [1.165, 1.54) is 37.0 Å². The highest BCUT2D eigenvalue weighted by Crippen LogP contribution is 2.43. The Labute approximate surface area is 196 Å². The van der Waals surface area contributed by atoms with Crippen molar-refractivity contribution in [3.63, 3.8) is 0 Å². The average molecular weight is 462 g/mol. The Bertz CT molecular complexity index is 782. The van der Waals surface area contributed by atoms with Crippen molar-refractivity contribution in [2.45, 2.75) is 115 Å². The Kier molecular flexibility index (Phi) is 7.93. The maximum atomic E-state index is 13.9. The summed E-state index contributed by atoms with van der Waals surface area (Å²) in [5, 5.41) is 20.1. The number of amides is 1. The van der Waals surface area contributed by atoms with Crippen LogP contribution < -0.4 is 4.90 Å². The molecule has 1 aromatic rings. The van der Waals surface area contributed by atoms with Gasteiger partial charge >= 0.3 is 5.97 Å². The summed E-state index contributed by atoms with van der Waals surface area (Å²) in [7, 11) is 0. The van der Waals surface area contributed by atoms with Crippen LogP contribution in [0.15, 0.2) is 6.07 Å². The Balaban J connectivity index is 1.67. The second-order valence-corrected chi connectivity index (χ2v) is 11.6. The Morgan fingerprint density at radius 1 is 0.906 bits per heavy atom. The lowest BCUT2D eigenvalue weighted by Gasteiger charge is -2.38. The van der Waals surface area contributed by atoms with Crippen LogP contribution in [-0.4, -0.2) is 34.2 Å². The number of nitrogens with zero attached hydrogens (tertiary/aromatic N) is 1. The highest BCUT2D eigenvalue weighted by atomic mass is 32.1. The van der Waals surface area contributed by atoms with Crippen LogP contribution >= 0.6 is 11.3 Å². The smallest absolute Gasteiger partial charge is 0.348 e. The number of rotatable bonds is 5. The molecule has 4 rings (SSSR count). The fourth-order valence-corrected chi connectivity index (χ4v) is 7.17. The van der Waals surface area contributed by atoms with E-state index in [9.17, 15) is 19.8 Å². The first-order chi connectivity index (χ1) is 15.4. The molecule has 178 valence electrons. The van der Waals surface area contributed by atoms with Gasteiger partial charge in [-0.05, 0) is 82.1 Å². The maximum absolute atomic E-state index is 13.9. The molecule has 6 heteroatoms. The molecule has 3 aliphatic carbocycles. The molecule has 2 N–H and O–H groups in total. The van der Waals surface area contributed by atoms with Crippen LogP contribution in [0.25, 0.3) is 0 Å². The zero-order chi connectivity index (χ0) is 22.7. The first kappa shape index (κ1) is 23.7. The first-order valence-electron chi connectivity index (χ1n) is 12.8. The van der Waals surface area contributed by atoms with Gasteiger partial charge < -0.3 is 15.1 Å². The molecule has 1 amide bonds. The van der Waals surface area contributed by atoms with Crippen LogP contribution in [0.4, 0.5) is 5.69 Å². The van der Waals surface area contributed by atoms with Gasteiger partial charge in [0.25, 0.3) is 0 Å². The number of carbonyl (C=O) groups is 2. The lowest BCUT2D eigenvalue weighted by atomic mass is 9.81. The van der Waals surface area contributed by atoms with Crippen molar-refractivity contribution in [2.24, 2.45) is 11.8 Å². The summed E-state index contributed by atoms with van der Waals surface area (Å²) < 4.78 is 0. The van der Waals surface area contributed by atoms with E-state index in [1.807, 2.05) is 4.90 Å². The van der Waals surface area contributed by atoms with E-state index in [1.54, 1.807) is 0 Å². The van der Waals surface area contributed by atoms with E-state index >= 15 is 0 Å². The van der Waals surface area contributed by atoms with E-state index in [2.05, 4.69) is 13.0 Å². The molecule has 3 fully saturated rings. The van der Waals surface area contributed by atoms with Crippen LogP contribution in [0.1, 0.15) is 117 Å². The summed E-state index contributed by atoms with van der Waals surface area (Å²) >= 11 is 1.40. The van der Waals surface area contributed by atoms with Crippen molar-refractivity contribution < 1.29 is 19.8 Å². The molecule has 0 bridgehead atoms. The quantitative estimate of drug-likeness (QED) is 0.501. The molecule has 0 saturated heterocycles. The number of anilines is 1. The monoisotopic (exact) mass is 461 g/mol. The number of carboxylic acids is 1. The third-order valence-corrected chi connectivity index (χ3v) is 9.35. The molecule has 0 radical (unpaired) electrons. The molecule has 0 aliphatic heterocycles. The highest BCUT2D eigenvalue weighted by Gasteiger charge is 2.37. The SMILES string of the molecule is C[C@H]1CC[C@H](C(=O)N(c2cc(C3CCCCCC3)sc2C(=O)O)[C@H]2CC[C@H](O)CC2)CC1. The Morgan fingerprint density at radius 3 is 2.12 bits per heavy atom. The van der Waals surface area contributed by atoms with E-state index in [-0.39, 0.29) is 24.0 Å². The van der Waals surface area contributed by atoms with Crippen LogP contribution in [0.3, 0.4) is 0 Å². The number of aliphatic hydroxyl groups excluding tert-OH is 1. The third kappa shape index (κ3) is 5.39. The van der Waals surface area contributed by atoms with Crippen molar-refractivity contribution >= 4 is 28.9 Å².